The van der Waals surface area contributed by atoms with Gasteiger partial charge in [0.05, 0.1) is 0 Å². The van der Waals surface area contributed by atoms with Gasteiger partial charge in [-0.2, -0.15) is 0 Å². The molecule has 0 heterocycles. The Labute approximate surface area is 87.5 Å². The van der Waals surface area contributed by atoms with Gasteiger partial charge in [0.15, 0.2) is 0 Å². The molecule has 0 spiro atoms. The van der Waals surface area contributed by atoms with Gasteiger partial charge in [-0.25, -0.2) is 0 Å². The van der Waals surface area contributed by atoms with Crippen molar-refractivity contribution in [1.29, 1.82) is 0 Å². The van der Waals surface area contributed by atoms with Crippen LogP contribution < -0.4 is 5.32 Å². The van der Waals surface area contributed by atoms with Crippen molar-refractivity contribution in [2.24, 2.45) is 11.8 Å². The third kappa shape index (κ3) is 2.81. The molecule has 1 aliphatic carbocycles. The zero-order chi connectivity index (χ0) is 10.7. The highest BCUT2D eigenvalue weighted by Gasteiger charge is 2.33. The minimum atomic E-state index is 0.189. The van der Waals surface area contributed by atoms with Crippen molar-refractivity contribution in [3.8, 4) is 0 Å². The number of carbonyl (C=O) groups excluding carboxylic acids is 1. The first kappa shape index (κ1) is 11.7. The molecule has 0 aromatic rings. The first-order valence-electron chi connectivity index (χ1n) is 5.82. The summed E-state index contributed by atoms with van der Waals surface area (Å²) in [5.74, 6) is 0.910. The second-order valence-electron chi connectivity index (χ2n) is 5.02. The maximum Gasteiger partial charge on any atom is 0.140 e. The van der Waals surface area contributed by atoms with Gasteiger partial charge in [-0.3, -0.25) is 4.79 Å². The second-order valence-corrected chi connectivity index (χ2v) is 5.02. The van der Waals surface area contributed by atoms with Gasteiger partial charge >= 0.3 is 0 Å². The summed E-state index contributed by atoms with van der Waals surface area (Å²) in [6, 6.07) is 0.922. The SMILES string of the molecule is CC(C)N[C@@H]1CCC[C@H]1C(=O)C(C)C. The quantitative estimate of drug-likeness (QED) is 0.749. The van der Waals surface area contributed by atoms with E-state index in [1.165, 1.54) is 12.8 Å². The van der Waals surface area contributed by atoms with E-state index in [4.69, 9.17) is 0 Å². The summed E-state index contributed by atoms with van der Waals surface area (Å²) in [6.45, 7) is 8.31. The predicted octanol–water partition coefficient (Wildman–Crippen LogP) is 2.38. The monoisotopic (exact) mass is 197 g/mol. The van der Waals surface area contributed by atoms with Crippen LogP contribution in [0.15, 0.2) is 0 Å². The van der Waals surface area contributed by atoms with Crippen LogP contribution in [0, 0.1) is 11.8 Å². The Kier molecular flexibility index (Phi) is 4.11. The highest BCUT2D eigenvalue weighted by molar-refractivity contribution is 5.83. The van der Waals surface area contributed by atoms with Crippen molar-refractivity contribution >= 4 is 5.78 Å². The normalized spacial score (nSPS) is 27.6. The summed E-state index contributed by atoms with van der Waals surface area (Å²) in [5, 5.41) is 3.51. The fraction of sp³-hybridized carbons (Fsp3) is 0.917. The number of Topliss-reactive ketones (excluding diaryl/α,β-unsaturated/α-hetero) is 1. The standard InChI is InChI=1S/C12H23NO/c1-8(2)12(14)10-6-5-7-11(10)13-9(3)4/h8-11,13H,5-7H2,1-4H3/t10-,11-/m1/s1. The average molecular weight is 197 g/mol. The van der Waals surface area contributed by atoms with Crippen molar-refractivity contribution in [2.45, 2.75) is 59.0 Å². The number of ketones is 1. The minimum Gasteiger partial charge on any atom is -0.311 e. The van der Waals surface area contributed by atoms with E-state index in [-0.39, 0.29) is 11.8 Å². The van der Waals surface area contributed by atoms with Crippen LogP contribution >= 0.6 is 0 Å². The Hall–Kier alpha value is -0.370. The molecule has 2 atom stereocenters. The van der Waals surface area contributed by atoms with E-state index in [1.807, 2.05) is 13.8 Å². The summed E-state index contributed by atoms with van der Waals surface area (Å²) in [7, 11) is 0. The van der Waals surface area contributed by atoms with Gasteiger partial charge in [0, 0.05) is 23.9 Å². The Morgan fingerprint density at radius 3 is 2.36 bits per heavy atom. The van der Waals surface area contributed by atoms with E-state index in [2.05, 4.69) is 19.2 Å². The minimum absolute atomic E-state index is 0.189. The molecule has 82 valence electrons. The van der Waals surface area contributed by atoms with Crippen molar-refractivity contribution in [1.82, 2.24) is 5.32 Å². The second kappa shape index (κ2) is 4.92. The van der Waals surface area contributed by atoms with Gasteiger partial charge in [0.1, 0.15) is 5.78 Å². The topological polar surface area (TPSA) is 29.1 Å². The van der Waals surface area contributed by atoms with Gasteiger partial charge < -0.3 is 5.32 Å². The van der Waals surface area contributed by atoms with E-state index < -0.39 is 0 Å². The van der Waals surface area contributed by atoms with Crippen LogP contribution in [0.25, 0.3) is 0 Å². The molecule has 14 heavy (non-hydrogen) atoms. The summed E-state index contributed by atoms with van der Waals surface area (Å²) in [4.78, 5) is 11.9. The molecular weight excluding hydrogens is 174 g/mol. The molecule has 1 fully saturated rings. The van der Waals surface area contributed by atoms with Crippen molar-refractivity contribution in [3.05, 3.63) is 0 Å². The highest BCUT2D eigenvalue weighted by Crippen LogP contribution is 2.28. The van der Waals surface area contributed by atoms with Gasteiger partial charge in [-0.05, 0) is 12.8 Å². The highest BCUT2D eigenvalue weighted by atomic mass is 16.1. The zero-order valence-electron chi connectivity index (χ0n) is 9.84. The maximum atomic E-state index is 11.9. The maximum absolute atomic E-state index is 11.9. The molecule has 0 bridgehead atoms. The van der Waals surface area contributed by atoms with E-state index in [0.717, 1.165) is 6.42 Å². The van der Waals surface area contributed by atoms with Gasteiger partial charge in [0.25, 0.3) is 0 Å². The Morgan fingerprint density at radius 2 is 1.86 bits per heavy atom. The van der Waals surface area contributed by atoms with Crippen LogP contribution in [0.3, 0.4) is 0 Å². The van der Waals surface area contributed by atoms with E-state index in [9.17, 15) is 4.79 Å². The van der Waals surface area contributed by atoms with Crippen molar-refractivity contribution in [2.75, 3.05) is 0 Å². The number of hydrogen-bond donors (Lipinski definition) is 1. The van der Waals surface area contributed by atoms with Crippen LogP contribution in [0.2, 0.25) is 0 Å². The molecule has 0 aromatic heterocycles. The van der Waals surface area contributed by atoms with Crippen molar-refractivity contribution in [3.63, 3.8) is 0 Å². The fourth-order valence-electron chi connectivity index (χ4n) is 2.36. The summed E-state index contributed by atoms with van der Waals surface area (Å²) in [6.07, 6.45) is 3.45. The molecule has 0 radical (unpaired) electrons. The molecule has 1 aliphatic rings. The third-order valence-corrected chi connectivity index (χ3v) is 3.00. The lowest BCUT2D eigenvalue weighted by molar-refractivity contribution is -0.126. The molecule has 1 rings (SSSR count). The summed E-state index contributed by atoms with van der Waals surface area (Å²) < 4.78 is 0. The fourth-order valence-corrected chi connectivity index (χ4v) is 2.36. The van der Waals surface area contributed by atoms with Crippen LogP contribution in [0.4, 0.5) is 0 Å². The molecule has 0 saturated heterocycles. The first-order valence-corrected chi connectivity index (χ1v) is 5.82. The molecular formula is C12H23NO. The van der Waals surface area contributed by atoms with E-state index in [1.54, 1.807) is 0 Å². The Bertz CT molecular complexity index is 198. The Morgan fingerprint density at radius 1 is 1.21 bits per heavy atom. The summed E-state index contributed by atoms with van der Waals surface area (Å²) in [5.41, 5.74) is 0. The summed E-state index contributed by atoms with van der Waals surface area (Å²) >= 11 is 0. The molecule has 2 heteroatoms. The molecule has 0 amide bonds. The average Bonchev–Trinajstić information content (AvgIpc) is 2.49. The third-order valence-electron chi connectivity index (χ3n) is 3.00. The molecule has 0 aromatic carbocycles. The predicted molar refractivity (Wildman–Crippen MR) is 59.2 cm³/mol. The Balaban J connectivity index is 2.55. The molecule has 0 aliphatic heterocycles. The number of rotatable bonds is 4. The first-order chi connectivity index (χ1) is 6.52. The van der Waals surface area contributed by atoms with Gasteiger partial charge in [0.2, 0.25) is 0 Å². The van der Waals surface area contributed by atoms with Crippen LogP contribution in [0.5, 0.6) is 0 Å². The molecule has 2 nitrogen and oxygen atoms in total. The molecule has 1 saturated carbocycles. The largest absolute Gasteiger partial charge is 0.311 e. The van der Waals surface area contributed by atoms with Gasteiger partial charge in [-0.1, -0.05) is 34.1 Å². The molecule has 1 N–H and O–H groups in total. The van der Waals surface area contributed by atoms with Crippen molar-refractivity contribution < 1.29 is 4.79 Å². The van der Waals surface area contributed by atoms with Crippen LogP contribution in [-0.2, 0) is 4.79 Å². The lowest BCUT2D eigenvalue weighted by atomic mass is 9.91. The van der Waals surface area contributed by atoms with Crippen LogP contribution in [0.1, 0.15) is 47.0 Å². The van der Waals surface area contributed by atoms with Gasteiger partial charge in [-0.15, -0.1) is 0 Å². The van der Waals surface area contributed by atoms with E-state index >= 15 is 0 Å². The zero-order valence-corrected chi connectivity index (χ0v) is 9.84. The number of hydrogen-bond acceptors (Lipinski definition) is 2. The number of carbonyl (C=O) groups is 1. The van der Waals surface area contributed by atoms with E-state index in [0.29, 0.717) is 17.9 Å². The smallest absolute Gasteiger partial charge is 0.140 e. The lowest BCUT2D eigenvalue weighted by Crippen LogP contribution is -2.41. The van der Waals surface area contributed by atoms with Crippen LogP contribution in [-0.4, -0.2) is 17.9 Å². The lowest BCUT2D eigenvalue weighted by Gasteiger charge is -2.23. The molecule has 0 unspecified atom stereocenters. The number of nitrogens with one attached hydrogen (secondary N) is 1.